The second-order valence-electron chi connectivity index (χ2n) is 4.38. The van der Waals surface area contributed by atoms with Crippen molar-refractivity contribution in [3.63, 3.8) is 0 Å². The number of rotatable bonds is 5. The highest BCUT2D eigenvalue weighted by Gasteiger charge is 2.13. The Kier molecular flexibility index (Phi) is 4.66. The van der Waals surface area contributed by atoms with E-state index in [9.17, 15) is 0 Å². The van der Waals surface area contributed by atoms with Crippen molar-refractivity contribution in [3.8, 4) is 5.75 Å². The van der Waals surface area contributed by atoms with E-state index >= 15 is 0 Å². The molecule has 0 amide bonds. The Balaban J connectivity index is 1.86. The van der Waals surface area contributed by atoms with Gasteiger partial charge in [-0.25, -0.2) is 0 Å². The summed E-state index contributed by atoms with van der Waals surface area (Å²) in [7, 11) is 1.69. The van der Waals surface area contributed by atoms with Crippen LogP contribution < -0.4 is 15.4 Å². The van der Waals surface area contributed by atoms with Gasteiger partial charge in [0.2, 0.25) is 0 Å². The summed E-state index contributed by atoms with van der Waals surface area (Å²) in [5, 5.41) is 7.66. The van der Waals surface area contributed by atoms with Gasteiger partial charge in [0, 0.05) is 29.7 Å². The maximum Gasteiger partial charge on any atom is 0.123 e. The van der Waals surface area contributed by atoms with Crippen molar-refractivity contribution in [3.05, 3.63) is 28.8 Å². The van der Waals surface area contributed by atoms with E-state index < -0.39 is 0 Å². The number of methoxy groups -OCH3 is 1. The zero-order valence-corrected chi connectivity index (χ0v) is 10.9. The van der Waals surface area contributed by atoms with Crippen LogP contribution in [0.15, 0.2) is 18.2 Å². The first kappa shape index (κ1) is 12.7. The Morgan fingerprint density at radius 2 is 2.41 bits per heavy atom. The van der Waals surface area contributed by atoms with E-state index in [2.05, 4.69) is 10.6 Å². The van der Waals surface area contributed by atoms with Gasteiger partial charge in [-0.1, -0.05) is 11.6 Å². The van der Waals surface area contributed by atoms with Crippen molar-refractivity contribution in [2.75, 3.05) is 20.2 Å². The molecule has 0 bridgehead atoms. The maximum absolute atomic E-state index is 5.98. The Morgan fingerprint density at radius 1 is 1.53 bits per heavy atom. The molecule has 1 saturated heterocycles. The lowest BCUT2D eigenvalue weighted by molar-refractivity contribution is 0.406. The molecule has 1 unspecified atom stereocenters. The number of ether oxygens (including phenoxy) is 1. The van der Waals surface area contributed by atoms with E-state index in [1.165, 1.54) is 12.8 Å². The number of hydrogen-bond acceptors (Lipinski definition) is 3. The fourth-order valence-corrected chi connectivity index (χ4v) is 2.39. The van der Waals surface area contributed by atoms with Gasteiger partial charge in [0.15, 0.2) is 0 Å². The van der Waals surface area contributed by atoms with Crippen LogP contribution in [0.4, 0.5) is 0 Å². The van der Waals surface area contributed by atoms with Gasteiger partial charge < -0.3 is 15.4 Å². The summed E-state index contributed by atoms with van der Waals surface area (Å²) in [6.45, 7) is 2.93. The monoisotopic (exact) mass is 254 g/mol. The standard InChI is InChI=1S/C13H19ClN2O/c1-17-13-5-4-11(14)7-10(13)8-15-9-12-3-2-6-16-12/h4-5,7,12,15-16H,2-3,6,8-9H2,1H3. The molecule has 0 aliphatic carbocycles. The minimum atomic E-state index is 0.611. The average Bonchev–Trinajstić information content (AvgIpc) is 2.82. The summed E-state index contributed by atoms with van der Waals surface area (Å²) in [4.78, 5) is 0. The lowest BCUT2D eigenvalue weighted by Crippen LogP contribution is -2.33. The zero-order chi connectivity index (χ0) is 12.1. The quantitative estimate of drug-likeness (QED) is 0.845. The molecule has 4 heteroatoms. The molecule has 0 radical (unpaired) electrons. The van der Waals surface area contributed by atoms with Crippen molar-refractivity contribution in [1.82, 2.24) is 10.6 Å². The van der Waals surface area contributed by atoms with Crippen LogP contribution >= 0.6 is 11.6 Å². The van der Waals surface area contributed by atoms with E-state index in [1.54, 1.807) is 7.11 Å². The van der Waals surface area contributed by atoms with Crippen LogP contribution in [0, 0.1) is 0 Å². The molecule has 94 valence electrons. The van der Waals surface area contributed by atoms with E-state index in [1.807, 2.05) is 18.2 Å². The highest BCUT2D eigenvalue weighted by molar-refractivity contribution is 6.30. The van der Waals surface area contributed by atoms with Crippen LogP contribution in [-0.4, -0.2) is 26.2 Å². The topological polar surface area (TPSA) is 33.3 Å². The minimum Gasteiger partial charge on any atom is -0.496 e. The summed E-state index contributed by atoms with van der Waals surface area (Å²) >= 11 is 5.98. The average molecular weight is 255 g/mol. The Morgan fingerprint density at radius 3 is 3.12 bits per heavy atom. The summed E-state index contributed by atoms with van der Waals surface area (Å²) in [6.07, 6.45) is 2.55. The molecule has 0 aromatic heterocycles. The second-order valence-corrected chi connectivity index (χ2v) is 4.82. The smallest absolute Gasteiger partial charge is 0.123 e. The van der Waals surface area contributed by atoms with Crippen LogP contribution in [0.2, 0.25) is 5.02 Å². The van der Waals surface area contributed by atoms with Gasteiger partial charge in [-0.2, -0.15) is 0 Å². The molecule has 1 atom stereocenters. The molecule has 2 N–H and O–H groups in total. The third kappa shape index (κ3) is 3.60. The summed E-state index contributed by atoms with van der Waals surface area (Å²) in [5.74, 6) is 0.890. The normalized spacial score (nSPS) is 19.5. The number of hydrogen-bond donors (Lipinski definition) is 2. The van der Waals surface area contributed by atoms with Crippen LogP contribution in [0.25, 0.3) is 0 Å². The summed E-state index contributed by atoms with van der Waals surface area (Å²) < 4.78 is 5.31. The predicted molar refractivity (Wildman–Crippen MR) is 70.7 cm³/mol. The molecule has 0 spiro atoms. The van der Waals surface area contributed by atoms with Gasteiger partial charge in [0.25, 0.3) is 0 Å². The van der Waals surface area contributed by atoms with Crippen LogP contribution in [-0.2, 0) is 6.54 Å². The van der Waals surface area contributed by atoms with Gasteiger partial charge in [0.1, 0.15) is 5.75 Å². The number of halogens is 1. The first-order chi connectivity index (χ1) is 8.29. The molecular formula is C13H19ClN2O. The van der Waals surface area contributed by atoms with E-state index in [0.717, 1.165) is 36.0 Å². The van der Waals surface area contributed by atoms with Crippen molar-refractivity contribution < 1.29 is 4.74 Å². The van der Waals surface area contributed by atoms with E-state index in [4.69, 9.17) is 16.3 Å². The molecule has 3 nitrogen and oxygen atoms in total. The number of nitrogens with one attached hydrogen (secondary N) is 2. The van der Waals surface area contributed by atoms with Gasteiger partial charge >= 0.3 is 0 Å². The fraction of sp³-hybridized carbons (Fsp3) is 0.538. The van der Waals surface area contributed by atoms with E-state index in [-0.39, 0.29) is 0 Å². The third-order valence-electron chi connectivity index (χ3n) is 3.11. The van der Waals surface area contributed by atoms with Crippen LogP contribution in [0.5, 0.6) is 5.75 Å². The van der Waals surface area contributed by atoms with Gasteiger partial charge in [-0.3, -0.25) is 0 Å². The Labute approximate surface area is 107 Å². The molecule has 1 aliphatic rings. The molecule has 1 heterocycles. The molecule has 1 fully saturated rings. The summed E-state index contributed by atoms with van der Waals surface area (Å²) in [6, 6.07) is 6.32. The van der Waals surface area contributed by atoms with Gasteiger partial charge in [0.05, 0.1) is 7.11 Å². The van der Waals surface area contributed by atoms with Crippen LogP contribution in [0.1, 0.15) is 18.4 Å². The number of benzene rings is 1. The SMILES string of the molecule is COc1ccc(Cl)cc1CNCC1CCCN1. The molecule has 2 rings (SSSR count). The first-order valence-corrected chi connectivity index (χ1v) is 6.44. The molecule has 1 aliphatic heterocycles. The maximum atomic E-state index is 5.98. The molecule has 17 heavy (non-hydrogen) atoms. The highest BCUT2D eigenvalue weighted by Crippen LogP contribution is 2.22. The molecular weight excluding hydrogens is 236 g/mol. The van der Waals surface area contributed by atoms with Crippen molar-refractivity contribution >= 4 is 11.6 Å². The van der Waals surface area contributed by atoms with Crippen molar-refractivity contribution in [2.45, 2.75) is 25.4 Å². The van der Waals surface area contributed by atoms with Crippen LogP contribution in [0.3, 0.4) is 0 Å². The van der Waals surface area contributed by atoms with Crippen molar-refractivity contribution in [2.24, 2.45) is 0 Å². The fourth-order valence-electron chi connectivity index (χ4n) is 2.20. The molecule has 1 aromatic carbocycles. The third-order valence-corrected chi connectivity index (χ3v) is 3.35. The van der Waals surface area contributed by atoms with Crippen molar-refractivity contribution in [1.29, 1.82) is 0 Å². The first-order valence-electron chi connectivity index (χ1n) is 6.06. The lowest BCUT2D eigenvalue weighted by Gasteiger charge is -2.13. The van der Waals surface area contributed by atoms with E-state index in [0.29, 0.717) is 6.04 Å². The highest BCUT2D eigenvalue weighted by atomic mass is 35.5. The molecule has 0 saturated carbocycles. The largest absolute Gasteiger partial charge is 0.496 e. The predicted octanol–water partition coefficient (Wildman–Crippen LogP) is 2.19. The lowest BCUT2D eigenvalue weighted by atomic mass is 10.2. The zero-order valence-electron chi connectivity index (χ0n) is 10.1. The Bertz CT molecular complexity index is 364. The summed E-state index contributed by atoms with van der Waals surface area (Å²) in [5.41, 5.74) is 1.11. The van der Waals surface area contributed by atoms with Gasteiger partial charge in [-0.15, -0.1) is 0 Å². The second kappa shape index (κ2) is 6.24. The Hall–Kier alpha value is -0.770. The van der Waals surface area contributed by atoms with Gasteiger partial charge in [-0.05, 0) is 37.6 Å². The molecule has 1 aromatic rings. The minimum absolute atomic E-state index is 0.611.